The molecule has 2 aromatic rings. The number of pyridine rings is 1. The SMILES string of the molecule is CCC(C)NC(=O)c1cnc2c(C)cccn2c1=O. The Labute approximate surface area is 111 Å². The topological polar surface area (TPSA) is 63.5 Å². The fourth-order valence-electron chi connectivity index (χ4n) is 1.81. The summed E-state index contributed by atoms with van der Waals surface area (Å²) in [6.07, 6.45) is 3.78. The molecule has 0 saturated heterocycles. The lowest BCUT2D eigenvalue weighted by Gasteiger charge is -2.11. The smallest absolute Gasteiger partial charge is 0.270 e. The van der Waals surface area contributed by atoms with Crippen LogP contribution in [0.3, 0.4) is 0 Å². The van der Waals surface area contributed by atoms with Gasteiger partial charge in [0.15, 0.2) is 0 Å². The number of hydrogen-bond acceptors (Lipinski definition) is 3. The monoisotopic (exact) mass is 259 g/mol. The highest BCUT2D eigenvalue weighted by atomic mass is 16.2. The van der Waals surface area contributed by atoms with Crippen LogP contribution < -0.4 is 10.9 Å². The fraction of sp³-hybridized carbons (Fsp3) is 0.357. The Bertz CT molecular complexity index is 676. The maximum atomic E-state index is 12.3. The number of amides is 1. The second kappa shape index (κ2) is 5.22. The van der Waals surface area contributed by atoms with Crippen LogP contribution in [0, 0.1) is 6.92 Å². The highest BCUT2D eigenvalue weighted by Gasteiger charge is 2.15. The molecule has 2 rings (SSSR count). The average Bonchev–Trinajstić information content (AvgIpc) is 2.39. The minimum absolute atomic E-state index is 0.0325. The Morgan fingerprint density at radius 3 is 2.95 bits per heavy atom. The summed E-state index contributed by atoms with van der Waals surface area (Å²) in [5.41, 5.74) is 1.21. The van der Waals surface area contributed by atoms with Crippen LogP contribution in [0.25, 0.3) is 5.65 Å². The van der Waals surface area contributed by atoms with E-state index in [4.69, 9.17) is 0 Å². The summed E-state index contributed by atoms with van der Waals surface area (Å²) in [6.45, 7) is 5.74. The molecule has 0 bridgehead atoms. The first kappa shape index (κ1) is 13.3. The summed E-state index contributed by atoms with van der Waals surface area (Å²) in [5, 5.41) is 2.77. The predicted molar refractivity (Wildman–Crippen MR) is 73.4 cm³/mol. The first-order chi connectivity index (χ1) is 9.04. The highest BCUT2D eigenvalue weighted by molar-refractivity contribution is 5.93. The zero-order valence-electron chi connectivity index (χ0n) is 11.3. The average molecular weight is 259 g/mol. The van der Waals surface area contributed by atoms with Gasteiger partial charge in [0.1, 0.15) is 11.2 Å². The Hall–Kier alpha value is -2.17. The van der Waals surface area contributed by atoms with E-state index in [1.165, 1.54) is 10.6 Å². The van der Waals surface area contributed by atoms with E-state index in [-0.39, 0.29) is 23.1 Å². The van der Waals surface area contributed by atoms with Gasteiger partial charge in [-0.3, -0.25) is 14.0 Å². The second-order valence-electron chi connectivity index (χ2n) is 4.64. The summed E-state index contributed by atoms with van der Waals surface area (Å²) < 4.78 is 1.40. The van der Waals surface area contributed by atoms with Crippen LogP contribution in [0.2, 0.25) is 0 Å². The van der Waals surface area contributed by atoms with Gasteiger partial charge in [0.2, 0.25) is 0 Å². The molecular weight excluding hydrogens is 242 g/mol. The molecular formula is C14H17N3O2. The molecule has 5 heteroatoms. The second-order valence-corrected chi connectivity index (χ2v) is 4.64. The summed E-state index contributed by atoms with van der Waals surface area (Å²) in [5.74, 6) is -0.372. The lowest BCUT2D eigenvalue weighted by molar-refractivity contribution is 0.0937. The van der Waals surface area contributed by atoms with Gasteiger partial charge in [-0.1, -0.05) is 13.0 Å². The van der Waals surface area contributed by atoms with E-state index >= 15 is 0 Å². The van der Waals surface area contributed by atoms with Crippen LogP contribution >= 0.6 is 0 Å². The van der Waals surface area contributed by atoms with Crippen molar-refractivity contribution in [2.24, 2.45) is 0 Å². The lowest BCUT2D eigenvalue weighted by atomic mass is 10.2. The van der Waals surface area contributed by atoms with E-state index in [1.54, 1.807) is 12.3 Å². The maximum absolute atomic E-state index is 12.3. The van der Waals surface area contributed by atoms with Crippen molar-refractivity contribution in [1.82, 2.24) is 14.7 Å². The zero-order chi connectivity index (χ0) is 14.0. The highest BCUT2D eigenvalue weighted by Crippen LogP contribution is 2.04. The number of hydrogen-bond donors (Lipinski definition) is 1. The van der Waals surface area contributed by atoms with Gasteiger partial charge in [-0.05, 0) is 31.9 Å². The molecule has 0 fully saturated rings. The van der Waals surface area contributed by atoms with Crippen LogP contribution in [0.4, 0.5) is 0 Å². The molecule has 2 aromatic heterocycles. The molecule has 2 heterocycles. The lowest BCUT2D eigenvalue weighted by Crippen LogP contribution is -2.36. The van der Waals surface area contributed by atoms with Gasteiger partial charge in [0.05, 0.1) is 0 Å². The molecule has 0 aliphatic carbocycles. The van der Waals surface area contributed by atoms with E-state index < -0.39 is 0 Å². The van der Waals surface area contributed by atoms with Crippen LogP contribution in [-0.2, 0) is 0 Å². The van der Waals surface area contributed by atoms with Crippen LogP contribution in [0.15, 0.2) is 29.3 Å². The van der Waals surface area contributed by atoms with E-state index in [1.807, 2.05) is 26.8 Å². The number of aromatic nitrogens is 2. The van der Waals surface area contributed by atoms with E-state index in [9.17, 15) is 9.59 Å². The van der Waals surface area contributed by atoms with Crippen molar-refractivity contribution in [2.45, 2.75) is 33.2 Å². The number of fused-ring (bicyclic) bond motifs is 1. The Balaban J connectivity index is 2.49. The minimum atomic E-state index is -0.372. The van der Waals surface area contributed by atoms with Crippen molar-refractivity contribution in [2.75, 3.05) is 0 Å². The molecule has 0 radical (unpaired) electrons. The van der Waals surface area contributed by atoms with Gasteiger partial charge in [-0.15, -0.1) is 0 Å². The zero-order valence-corrected chi connectivity index (χ0v) is 11.3. The third-order valence-corrected chi connectivity index (χ3v) is 3.16. The standard InChI is InChI=1S/C14H17N3O2/c1-4-10(3)16-13(18)11-8-15-12-9(2)6-5-7-17(12)14(11)19/h5-8,10H,4H2,1-3H3,(H,16,18). The van der Waals surface area contributed by atoms with Crippen molar-refractivity contribution >= 4 is 11.6 Å². The predicted octanol–water partition coefficient (Wildman–Crippen LogP) is 1.53. The number of aryl methyl sites for hydroxylation is 1. The molecule has 1 N–H and O–H groups in total. The first-order valence-electron chi connectivity index (χ1n) is 6.32. The third kappa shape index (κ3) is 2.50. The van der Waals surface area contributed by atoms with Gasteiger partial charge in [0, 0.05) is 18.4 Å². The number of rotatable bonds is 3. The van der Waals surface area contributed by atoms with Crippen molar-refractivity contribution in [3.63, 3.8) is 0 Å². The maximum Gasteiger partial charge on any atom is 0.270 e. The van der Waals surface area contributed by atoms with Gasteiger partial charge in [-0.2, -0.15) is 0 Å². The molecule has 5 nitrogen and oxygen atoms in total. The quantitative estimate of drug-likeness (QED) is 0.909. The number of carbonyl (C=O) groups excluding carboxylic acids is 1. The summed E-state index contributed by atoms with van der Waals surface area (Å²) in [4.78, 5) is 28.5. The molecule has 0 aromatic carbocycles. The van der Waals surface area contributed by atoms with Crippen molar-refractivity contribution in [3.05, 3.63) is 46.0 Å². The molecule has 100 valence electrons. The Morgan fingerprint density at radius 2 is 2.26 bits per heavy atom. The van der Waals surface area contributed by atoms with E-state index in [2.05, 4.69) is 10.3 Å². The van der Waals surface area contributed by atoms with Crippen LogP contribution in [0.1, 0.15) is 36.2 Å². The molecule has 1 unspecified atom stereocenters. The van der Waals surface area contributed by atoms with E-state index in [0.29, 0.717) is 5.65 Å². The van der Waals surface area contributed by atoms with Crippen LogP contribution in [0.5, 0.6) is 0 Å². The summed E-state index contributed by atoms with van der Waals surface area (Å²) >= 11 is 0. The number of carbonyl (C=O) groups is 1. The molecule has 0 aliphatic heterocycles. The normalized spacial score (nSPS) is 12.4. The third-order valence-electron chi connectivity index (χ3n) is 3.16. The van der Waals surface area contributed by atoms with Gasteiger partial charge >= 0.3 is 0 Å². The fourth-order valence-corrected chi connectivity index (χ4v) is 1.81. The van der Waals surface area contributed by atoms with Crippen LogP contribution in [-0.4, -0.2) is 21.3 Å². The molecule has 1 atom stereocenters. The van der Waals surface area contributed by atoms with Crippen molar-refractivity contribution in [1.29, 1.82) is 0 Å². The van der Waals surface area contributed by atoms with E-state index in [0.717, 1.165) is 12.0 Å². The largest absolute Gasteiger partial charge is 0.349 e. The molecule has 1 amide bonds. The molecule has 0 spiro atoms. The first-order valence-corrected chi connectivity index (χ1v) is 6.32. The Kier molecular flexibility index (Phi) is 3.64. The Morgan fingerprint density at radius 1 is 1.53 bits per heavy atom. The van der Waals surface area contributed by atoms with Gasteiger partial charge in [-0.25, -0.2) is 4.98 Å². The van der Waals surface area contributed by atoms with Crippen molar-refractivity contribution < 1.29 is 4.79 Å². The number of nitrogens with zero attached hydrogens (tertiary/aromatic N) is 2. The van der Waals surface area contributed by atoms with Gasteiger partial charge < -0.3 is 5.32 Å². The molecule has 0 saturated carbocycles. The minimum Gasteiger partial charge on any atom is -0.349 e. The van der Waals surface area contributed by atoms with Crippen molar-refractivity contribution in [3.8, 4) is 0 Å². The summed E-state index contributed by atoms with van der Waals surface area (Å²) in [7, 11) is 0. The summed E-state index contributed by atoms with van der Waals surface area (Å²) in [6, 6.07) is 3.67. The van der Waals surface area contributed by atoms with Gasteiger partial charge in [0.25, 0.3) is 11.5 Å². The molecule has 19 heavy (non-hydrogen) atoms. The molecule has 0 aliphatic rings. The number of nitrogens with one attached hydrogen (secondary N) is 1.